The number of benzene rings is 1. The van der Waals surface area contributed by atoms with Gasteiger partial charge in [-0.05, 0) is 56.6 Å². The highest BCUT2D eigenvalue weighted by atomic mass is 16.6. The van der Waals surface area contributed by atoms with E-state index in [2.05, 4.69) is 0 Å². The van der Waals surface area contributed by atoms with Gasteiger partial charge in [0.05, 0.1) is 11.1 Å². The fraction of sp³-hybridized carbons (Fsp3) is 0.600. The first kappa shape index (κ1) is 17.0. The van der Waals surface area contributed by atoms with E-state index in [-0.39, 0.29) is 16.7 Å². The van der Waals surface area contributed by atoms with Crippen molar-refractivity contribution in [2.24, 2.45) is 5.92 Å². The molecule has 130 valence electrons. The Hall–Kier alpha value is -1.84. The summed E-state index contributed by atoms with van der Waals surface area (Å²) in [5, 5.41) is 9.33. The normalized spacial score (nSPS) is 21.2. The second-order valence-corrected chi connectivity index (χ2v) is 7.20. The van der Waals surface area contributed by atoms with Gasteiger partial charge >= 0.3 is 11.9 Å². The van der Waals surface area contributed by atoms with Crippen LogP contribution in [0.2, 0.25) is 0 Å². The maximum Gasteiger partial charge on any atom is 0.339 e. The Bertz CT molecular complexity index is 595. The van der Waals surface area contributed by atoms with Crippen LogP contribution in [0.4, 0.5) is 0 Å². The Morgan fingerprint density at radius 2 is 1.50 bits per heavy atom. The number of carbonyl (C=O) groups excluding carboxylic acids is 1. The van der Waals surface area contributed by atoms with Crippen LogP contribution in [0.15, 0.2) is 24.3 Å². The molecule has 0 aromatic heterocycles. The fourth-order valence-corrected chi connectivity index (χ4v) is 4.46. The van der Waals surface area contributed by atoms with Gasteiger partial charge in [-0.1, -0.05) is 37.8 Å². The Labute approximate surface area is 143 Å². The number of carboxylic acids is 1. The smallest absolute Gasteiger partial charge is 0.339 e. The van der Waals surface area contributed by atoms with Gasteiger partial charge in [0.15, 0.2) is 0 Å². The molecule has 0 spiro atoms. The predicted molar refractivity (Wildman–Crippen MR) is 91.2 cm³/mol. The van der Waals surface area contributed by atoms with Crippen LogP contribution in [0.25, 0.3) is 0 Å². The van der Waals surface area contributed by atoms with Crippen molar-refractivity contribution < 1.29 is 19.4 Å². The molecule has 4 heteroatoms. The van der Waals surface area contributed by atoms with Crippen molar-refractivity contribution in [3.63, 3.8) is 0 Å². The highest BCUT2D eigenvalue weighted by molar-refractivity contribution is 6.02. The van der Waals surface area contributed by atoms with Gasteiger partial charge in [0.25, 0.3) is 0 Å². The second-order valence-electron chi connectivity index (χ2n) is 7.20. The summed E-state index contributed by atoms with van der Waals surface area (Å²) in [7, 11) is 0. The highest BCUT2D eigenvalue weighted by Gasteiger charge is 2.43. The first-order valence-corrected chi connectivity index (χ1v) is 9.18. The van der Waals surface area contributed by atoms with E-state index in [1.54, 1.807) is 18.2 Å². The van der Waals surface area contributed by atoms with Crippen molar-refractivity contribution >= 4 is 11.9 Å². The molecule has 4 nitrogen and oxygen atoms in total. The van der Waals surface area contributed by atoms with Crippen LogP contribution >= 0.6 is 0 Å². The first-order chi connectivity index (χ1) is 11.6. The zero-order valence-electron chi connectivity index (χ0n) is 14.1. The third-order valence-corrected chi connectivity index (χ3v) is 5.72. The van der Waals surface area contributed by atoms with Gasteiger partial charge in [-0.3, -0.25) is 0 Å². The molecule has 0 radical (unpaired) electrons. The number of hydrogen-bond donors (Lipinski definition) is 1. The lowest BCUT2D eigenvalue weighted by Crippen LogP contribution is -2.45. The molecule has 1 aromatic rings. The lowest BCUT2D eigenvalue weighted by Gasteiger charge is -2.44. The molecule has 2 aliphatic rings. The van der Waals surface area contributed by atoms with E-state index in [4.69, 9.17) is 4.74 Å². The fourth-order valence-electron chi connectivity index (χ4n) is 4.46. The van der Waals surface area contributed by atoms with Crippen LogP contribution in [0.3, 0.4) is 0 Å². The molecule has 2 fully saturated rings. The Morgan fingerprint density at radius 1 is 0.917 bits per heavy atom. The minimum atomic E-state index is -1.09. The van der Waals surface area contributed by atoms with E-state index >= 15 is 0 Å². The molecule has 0 atom stereocenters. The summed E-state index contributed by atoms with van der Waals surface area (Å²) in [6, 6.07) is 6.35. The molecule has 0 unspecified atom stereocenters. The lowest BCUT2D eigenvalue weighted by molar-refractivity contribution is -0.0815. The Balaban J connectivity index is 1.85. The topological polar surface area (TPSA) is 63.6 Å². The Morgan fingerprint density at radius 3 is 2.12 bits per heavy atom. The van der Waals surface area contributed by atoms with E-state index in [9.17, 15) is 14.7 Å². The zero-order chi connectivity index (χ0) is 17.0. The molecule has 2 saturated carbocycles. The molecular formula is C20H26O4. The van der Waals surface area contributed by atoms with Crippen molar-refractivity contribution in [2.45, 2.75) is 69.8 Å². The summed E-state index contributed by atoms with van der Waals surface area (Å²) in [5.74, 6) is -1.13. The third kappa shape index (κ3) is 3.47. The SMILES string of the molecule is O=C(O)c1ccccc1C(=O)OC1(C2CCCCC2)CCCCC1. The van der Waals surface area contributed by atoms with Crippen LogP contribution in [0, 0.1) is 5.92 Å². The summed E-state index contributed by atoms with van der Waals surface area (Å²) in [6.07, 6.45) is 11.1. The molecule has 1 N–H and O–H groups in total. The van der Waals surface area contributed by atoms with Gasteiger partial charge in [0.1, 0.15) is 5.60 Å². The van der Waals surface area contributed by atoms with Crippen molar-refractivity contribution in [2.75, 3.05) is 0 Å². The molecule has 0 bridgehead atoms. The largest absolute Gasteiger partial charge is 0.478 e. The average molecular weight is 330 g/mol. The van der Waals surface area contributed by atoms with E-state index in [1.165, 1.54) is 31.7 Å². The summed E-state index contributed by atoms with van der Waals surface area (Å²) in [4.78, 5) is 24.2. The number of carboxylic acid groups (broad SMARTS) is 1. The van der Waals surface area contributed by atoms with Gasteiger partial charge in [-0.25, -0.2) is 9.59 Å². The molecule has 0 saturated heterocycles. The molecule has 2 aliphatic carbocycles. The zero-order valence-corrected chi connectivity index (χ0v) is 14.1. The minimum absolute atomic E-state index is 0.0251. The van der Waals surface area contributed by atoms with Crippen molar-refractivity contribution in [1.82, 2.24) is 0 Å². The Kier molecular flexibility index (Phi) is 5.22. The summed E-state index contributed by atoms with van der Waals surface area (Å²) in [5.41, 5.74) is -0.190. The molecule has 24 heavy (non-hydrogen) atoms. The van der Waals surface area contributed by atoms with Gasteiger partial charge in [0, 0.05) is 0 Å². The maximum atomic E-state index is 12.8. The maximum absolute atomic E-state index is 12.8. The van der Waals surface area contributed by atoms with Crippen molar-refractivity contribution in [3.05, 3.63) is 35.4 Å². The standard InChI is InChI=1S/C20H26O4/c21-18(22)16-11-5-6-12-17(16)19(23)24-20(13-7-2-8-14-20)15-9-3-1-4-10-15/h5-6,11-12,15H,1-4,7-10,13-14H2,(H,21,22). The third-order valence-electron chi connectivity index (χ3n) is 5.72. The number of esters is 1. The molecular weight excluding hydrogens is 304 g/mol. The monoisotopic (exact) mass is 330 g/mol. The van der Waals surface area contributed by atoms with Crippen LogP contribution in [0.5, 0.6) is 0 Å². The quantitative estimate of drug-likeness (QED) is 0.804. The lowest BCUT2D eigenvalue weighted by atomic mass is 9.69. The van der Waals surface area contributed by atoms with Gasteiger partial charge in [-0.2, -0.15) is 0 Å². The molecule has 0 amide bonds. The van der Waals surface area contributed by atoms with Crippen LogP contribution < -0.4 is 0 Å². The van der Waals surface area contributed by atoms with Crippen LogP contribution in [-0.2, 0) is 4.74 Å². The summed E-state index contributed by atoms with van der Waals surface area (Å²) >= 11 is 0. The highest BCUT2D eigenvalue weighted by Crippen LogP contribution is 2.44. The van der Waals surface area contributed by atoms with E-state index in [1.807, 2.05) is 0 Å². The molecule has 1 aromatic carbocycles. The summed E-state index contributed by atoms with van der Waals surface area (Å²) in [6.45, 7) is 0. The predicted octanol–water partition coefficient (Wildman–Crippen LogP) is 4.82. The van der Waals surface area contributed by atoms with Gasteiger partial charge in [0.2, 0.25) is 0 Å². The molecule has 0 aliphatic heterocycles. The number of carbonyl (C=O) groups is 2. The first-order valence-electron chi connectivity index (χ1n) is 9.18. The second kappa shape index (κ2) is 7.37. The van der Waals surface area contributed by atoms with E-state index in [0.29, 0.717) is 5.92 Å². The van der Waals surface area contributed by atoms with Gasteiger partial charge < -0.3 is 9.84 Å². The average Bonchev–Trinajstić information content (AvgIpc) is 2.63. The van der Waals surface area contributed by atoms with Gasteiger partial charge in [-0.15, -0.1) is 0 Å². The van der Waals surface area contributed by atoms with Crippen molar-refractivity contribution in [3.8, 4) is 0 Å². The molecule has 0 heterocycles. The number of rotatable bonds is 4. The molecule has 3 rings (SSSR count). The van der Waals surface area contributed by atoms with E-state index in [0.717, 1.165) is 38.5 Å². The number of hydrogen-bond acceptors (Lipinski definition) is 3. The number of aromatic carboxylic acids is 1. The van der Waals surface area contributed by atoms with E-state index < -0.39 is 11.9 Å². The van der Waals surface area contributed by atoms with Crippen LogP contribution in [-0.4, -0.2) is 22.6 Å². The van der Waals surface area contributed by atoms with Crippen LogP contribution in [0.1, 0.15) is 84.9 Å². The summed E-state index contributed by atoms with van der Waals surface area (Å²) < 4.78 is 6.09. The van der Waals surface area contributed by atoms with Crippen molar-refractivity contribution in [1.29, 1.82) is 0 Å². The number of ether oxygens (including phenoxy) is 1. The minimum Gasteiger partial charge on any atom is -0.478 e.